The van der Waals surface area contributed by atoms with E-state index in [1.54, 1.807) is 6.07 Å². The van der Waals surface area contributed by atoms with E-state index in [1.807, 2.05) is 0 Å². The van der Waals surface area contributed by atoms with E-state index in [2.05, 4.69) is 31.2 Å². The van der Waals surface area contributed by atoms with Gasteiger partial charge in [-0.25, -0.2) is 8.78 Å². The van der Waals surface area contributed by atoms with Crippen LogP contribution in [0.4, 0.5) is 8.78 Å². The van der Waals surface area contributed by atoms with Gasteiger partial charge < -0.3 is 0 Å². The quantitative estimate of drug-likeness (QED) is 0.497. The molecule has 0 amide bonds. The van der Waals surface area contributed by atoms with Crippen molar-refractivity contribution in [3.8, 4) is 0 Å². The van der Waals surface area contributed by atoms with Crippen molar-refractivity contribution >= 4 is 0 Å². The highest BCUT2D eigenvalue weighted by Gasteiger charge is 2.25. The summed E-state index contributed by atoms with van der Waals surface area (Å²) in [7, 11) is 0. The Labute approximate surface area is 168 Å². The summed E-state index contributed by atoms with van der Waals surface area (Å²) in [6.07, 6.45) is 11.9. The van der Waals surface area contributed by atoms with Crippen molar-refractivity contribution in [2.75, 3.05) is 0 Å². The fourth-order valence-corrected chi connectivity index (χ4v) is 5.37. The molecule has 0 spiro atoms. The van der Waals surface area contributed by atoms with Gasteiger partial charge >= 0.3 is 0 Å². The van der Waals surface area contributed by atoms with Crippen LogP contribution in [0.15, 0.2) is 36.4 Å². The molecular weight excluding hydrogens is 350 g/mol. The third kappa shape index (κ3) is 4.16. The summed E-state index contributed by atoms with van der Waals surface area (Å²) >= 11 is 0. The minimum Gasteiger partial charge on any atom is -0.204 e. The highest BCUT2D eigenvalue weighted by molar-refractivity contribution is 5.36. The second kappa shape index (κ2) is 8.76. The van der Waals surface area contributed by atoms with Crippen LogP contribution in [0, 0.1) is 17.6 Å². The van der Waals surface area contributed by atoms with Crippen LogP contribution in [0.5, 0.6) is 0 Å². The first-order chi connectivity index (χ1) is 13.7. The number of hydrogen-bond acceptors (Lipinski definition) is 0. The van der Waals surface area contributed by atoms with Gasteiger partial charge in [0.1, 0.15) is 0 Å². The first-order valence-electron chi connectivity index (χ1n) is 11.2. The number of benzene rings is 2. The van der Waals surface area contributed by atoms with Crippen LogP contribution in [-0.4, -0.2) is 0 Å². The summed E-state index contributed by atoms with van der Waals surface area (Å²) in [6, 6.07) is 12.1. The van der Waals surface area contributed by atoms with Gasteiger partial charge in [-0.2, -0.15) is 0 Å². The molecule has 150 valence electrons. The van der Waals surface area contributed by atoms with Crippen LogP contribution >= 0.6 is 0 Å². The van der Waals surface area contributed by atoms with E-state index in [4.69, 9.17) is 0 Å². The van der Waals surface area contributed by atoms with E-state index < -0.39 is 11.6 Å². The fourth-order valence-electron chi connectivity index (χ4n) is 5.37. The topological polar surface area (TPSA) is 0 Å². The highest BCUT2D eigenvalue weighted by atomic mass is 19.2. The molecule has 0 radical (unpaired) electrons. The maximum Gasteiger partial charge on any atom is 0.162 e. The number of fused-ring (bicyclic) bond motifs is 1. The highest BCUT2D eigenvalue weighted by Crippen LogP contribution is 2.39. The summed E-state index contributed by atoms with van der Waals surface area (Å²) in [5.74, 6) is 0.573. The predicted molar refractivity (Wildman–Crippen MR) is 112 cm³/mol. The third-order valence-electron chi connectivity index (χ3n) is 7.20. The Morgan fingerprint density at radius 1 is 0.821 bits per heavy atom. The van der Waals surface area contributed by atoms with E-state index in [-0.39, 0.29) is 0 Å². The second-order valence-electron chi connectivity index (χ2n) is 8.97. The molecular formula is C26H32F2. The fraction of sp³-hybridized carbons (Fsp3) is 0.538. The molecule has 0 nitrogen and oxygen atoms in total. The number of halogens is 2. The third-order valence-corrected chi connectivity index (χ3v) is 7.20. The van der Waals surface area contributed by atoms with Crippen molar-refractivity contribution in [3.63, 3.8) is 0 Å². The van der Waals surface area contributed by atoms with Crippen LogP contribution in [0.3, 0.4) is 0 Å². The molecule has 4 rings (SSSR count). The molecule has 2 heteroatoms. The lowest BCUT2D eigenvalue weighted by molar-refractivity contribution is 0.304. The molecule has 0 bridgehead atoms. The summed E-state index contributed by atoms with van der Waals surface area (Å²) in [4.78, 5) is 0. The van der Waals surface area contributed by atoms with Crippen molar-refractivity contribution in [1.82, 2.24) is 0 Å². The van der Waals surface area contributed by atoms with E-state index >= 15 is 0 Å². The minimum absolute atomic E-state index is 0.294. The van der Waals surface area contributed by atoms with E-state index in [0.29, 0.717) is 23.8 Å². The average molecular weight is 383 g/mol. The molecule has 2 aromatic carbocycles. The monoisotopic (exact) mass is 382 g/mol. The zero-order chi connectivity index (χ0) is 19.5. The van der Waals surface area contributed by atoms with E-state index in [0.717, 1.165) is 24.3 Å². The maximum absolute atomic E-state index is 14.2. The van der Waals surface area contributed by atoms with Gasteiger partial charge in [-0.05, 0) is 91.0 Å². The van der Waals surface area contributed by atoms with Crippen molar-refractivity contribution in [3.05, 3.63) is 70.3 Å². The summed E-state index contributed by atoms with van der Waals surface area (Å²) in [5, 5.41) is 0. The molecule has 2 aromatic rings. The van der Waals surface area contributed by atoms with E-state index in [9.17, 15) is 8.78 Å². The summed E-state index contributed by atoms with van der Waals surface area (Å²) in [5.41, 5.74) is 4.30. The van der Waals surface area contributed by atoms with Gasteiger partial charge in [-0.3, -0.25) is 0 Å². The van der Waals surface area contributed by atoms with Gasteiger partial charge in [-0.1, -0.05) is 56.5 Å². The van der Waals surface area contributed by atoms with Crippen molar-refractivity contribution < 1.29 is 8.78 Å². The second-order valence-corrected chi connectivity index (χ2v) is 8.97. The standard InChI is InChI=1S/C26H32F2/c1-2-3-4-18-5-7-19(8-6-18)20-9-11-21(12-10-20)23-14-13-22-15-16-25(27)26(28)24(22)17-23/h9-12,15-16,18-19,23H,2-8,13-14,17H2,1H3. The molecule has 1 saturated carbocycles. The van der Waals surface area contributed by atoms with Gasteiger partial charge in [0.05, 0.1) is 0 Å². The first-order valence-corrected chi connectivity index (χ1v) is 11.2. The molecule has 28 heavy (non-hydrogen) atoms. The zero-order valence-electron chi connectivity index (χ0n) is 17.0. The van der Waals surface area contributed by atoms with Crippen LogP contribution in [-0.2, 0) is 12.8 Å². The number of aryl methyl sites for hydroxylation is 1. The molecule has 1 unspecified atom stereocenters. The van der Waals surface area contributed by atoms with Crippen LogP contribution in [0.2, 0.25) is 0 Å². The minimum atomic E-state index is -0.718. The average Bonchev–Trinajstić information content (AvgIpc) is 2.75. The van der Waals surface area contributed by atoms with Crippen molar-refractivity contribution in [1.29, 1.82) is 0 Å². The van der Waals surface area contributed by atoms with Crippen molar-refractivity contribution in [2.24, 2.45) is 5.92 Å². The lowest BCUT2D eigenvalue weighted by Gasteiger charge is -2.29. The van der Waals surface area contributed by atoms with Crippen LogP contribution in [0.1, 0.15) is 92.4 Å². The van der Waals surface area contributed by atoms with Crippen LogP contribution in [0.25, 0.3) is 0 Å². The predicted octanol–water partition coefficient (Wildman–Crippen LogP) is 7.70. The Kier molecular flexibility index (Phi) is 6.13. The normalized spacial score (nSPS) is 24.8. The van der Waals surface area contributed by atoms with Gasteiger partial charge in [0.15, 0.2) is 11.6 Å². The van der Waals surface area contributed by atoms with Crippen molar-refractivity contribution in [2.45, 2.75) is 83.0 Å². The molecule has 0 aromatic heterocycles. The smallest absolute Gasteiger partial charge is 0.162 e. The van der Waals surface area contributed by atoms with Gasteiger partial charge in [0, 0.05) is 0 Å². The number of hydrogen-bond donors (Lipinski definition) is 0. The number of unbranched alkanes of at least 4 members (excludes halogenated alkanes) is 1. The Hall–Kier alpha value is -1.70. The Morgan fingerprint density at radius 3 is 2.18 bits per heavy atom. The van der Waals surface area contributed by atoms with Crippen LogP contribution < -0.4 is 0 Å². The first kappa shape index (κ1) is 19.6. The SMILES string of the molecule is CCCCC1CCC(c2ccc(C3CCc4ccc(F)c(F)c4C3)cc2)CC1. The zero-order valence-corrected chi connectivity index (χ0v) is 17.0. The molecule has 2 aliphatic rings. The Bertz CT molecular complexity index is 785. The molecule has 0 saturated heterocycles. The van der Waals surface area contributed by atoms with Gasteiger partial charge in [0.25, 0.3) is 0 Å². The van der Waals surface area contributed by atoms with E-state index in [1.165, 1.54) is 62.1 Å². The Balaban J connectivity index is 1.40. The molecule has 1 fully saturated rings. The lowest BCUT2D eigenvalue weighted by Crippen LogP contribution is -2.16. The molecule has 0 N–H and O–H groups in total. The van der Waals surface area contributed by atoms with Gasteiger partial charge in [-0.15, -0.1) is 0 Å². The molecule has 0 heterocycles. The number of rotatable bonds is 5. The lowest BCUT2D eigenvalue weighted by atomic mass is 9.76. The largest absolute Gasteiger partial charge is 0.204 e. The molecule has 0 aliphatic heterocycles. The Morgan fingerprint density at radius 2 is 1.50 bits per heavy atom. The molecule has 2 aliphatic carbocycles. The van der Waals surface area contributed by atoms with Gasteiger partial charge in [0.2, 0.25) is 0 Å². The molecule has 1 atom stereocenters. The maximum atomic E-state index is 14.2. The summed E-state index contributed by atoms with van der Waals surface area (Å²) in [6.45, 7) is 2.28. The summed E-state index contributed by atoms with van der Waals surface area (Å²) < 4.78 is 27.8.